The van der Waals surface area contributed by atoms with Gasteiger partial charge in [0.1, 0.15) is 17.7 Å². The van der Waals surface area contributed by atoms with E-state index in [-0.39, 0.29) is 17.7 Å². The molecular weight excluding hydrogens is 268 g/mol. The van der Waals surface area contributed by atoms with Crippen molar-refractivity contribution in [3.05, 3.63) is 23.8 Å². The molecule has 1 amide bonds. The predicted molar refractivity (Wildman–Crippen MR) is 67.5 cm³/mol. The first-order valence-electron chi connectivity index (χ1n) is 6.62. The van der Waals surface area contributed by atoms with Crippen LogP contribution in [-0.4, -0.2) is 46.6 Å². The topological polar surface area (TPSA) is 55.3 Å². The first kappa shape index (κ1) is 14.8. The van der Waals surface area contributed by atoms with Crippen molar-refractivity contribution in [2.45, 2.75) is 32.3 Å². The lowest BCUT2D eigenvalue weighted by Crippen LogP contribution is -2.37. The van der Waals surface area contributed by atoms with Crippen LogP contribution in [0.5, 0.6) is 0 Å². The number of alkyl halides is 2. The average molecular weight is 285 g/mol. The van der Waals surface area contributed by atoms with Crippen LogP contribution >= 0.6 is 0 Å². The van der Waals surface area contributed by atoms with Gasteiger partial charge in [0.2, 0.25) is 0 Å². The summed E-state index contributed by atoms with van der Waals surface area (Å²) in [5, 5.41) is 0. The molecule has 2 heterocycles. The zero-order valence-electron chi connectivity index (χ0n) is 11.3. The van der Waals surface area contributed by atoms with Crippen LogP contribution in [0.15, 0.2) is 12.4 Å². The molecule has 2 rings (SSSR count). The summed E-state index contributed by atoms with van der Waals surface area (Å²) in [7, 11) is 0. The Labute approximate surface area is 116 Å². The molecule has 1 aromatic heterocycles. The summed E-state index contributed by atoms with van der Waals surface area (Å²) in [5.41, 5.74) is -0.438. The minimum absolute atomic E-state index is 0.00449. The van der Waals surface area contributed by atoms with E-state index in [0.29, 0.717) is 19.7 Å². The van der Waals surface area contributed by atoms with Crippen molar-refractivity contribution < 1.29 is 18.3 Å². The number of carbonyl (C=O) groups excluding carboxylic acids is 1. The van der Waals surface area contributed by atoms with Gasteiger partial charge in [0.25, 0.3) is 12.3 Å². The summed E-state index contributed by atoms with van der Waals surface area (Å²) in [6.45, 7) is 3.48. The van der Waals surface area contributed by atoms with Gasteiger partial charge in [0.15, 0.2) is 0 Å². The van der Waals surface area contributed by atoms with Crippen LogP contribution in [0.4, 0.5) is 8.78 Å². The van der Waals surface area contributed by atoms with E-state index in [4.69, 9.17) is 4.74 Å². The first-order valence-corrected chi connectivity index (χ1v) is 6.62. The van der Waals surface area contributed by atoms with Crippen molar-refractivity contribution in [3.63, 3.8) is 0 Å². The van der Waals surface area contributed by atoms with Crippen molar-refractivity contribution in [1.29, 1.82) is 0 Å². The highest BCUT2D eigenvalue weighted by Crippen LogP contribution is 2.18. The van der Waals surface area contributed by atoms with E-state index in [0.717, 1.165) is 25.2 Å². The molecule has 0 bridgehead atoms. The molecule has 5 nitrogen and oxygen atoms in total. The normalized spacial score (nSPS) is 18.5. The molecule has 1 aliphatic rings. The Morgan fingerprint density at radius 3 is 2.95 bits per heavy atom. The number of likely N-dealkylation sites (N-methyl/N-ethyl adjacent to an activating group) is 1. The van der Waals surface area contributed by atoms with Gasteiger partial charge in [-0.3, -0.25) is 4.79 Å². The quantitative estimate of drug-likeness (QED) is 0.831. The van der Waals surface area contributed by atoms with Gasteiger partial charge in [0.05, 0.1) is 6.10 Å². The number of halogens is 2. The van der Waals surface area contributed by atoms with Gasteiger partial charge in [-0.05, 0) is 25.8 Å². The fraction of sp³-hybridized carbons (Fsp3) is 0.615. The summed E-state index contributed by atoms with van der Waals surface area (Å²) < 4.78 is 30.7. The van der Waals surface area contributed by atoms with Crippen LogP contribution in [0.1, 0.15) is 42.4 Å². The molecule has 0 aliphatic carbocycles. The van der Waals surface area contributed by atoms with Gasteiger partial charge in [-0.15, -0.1) is 0 Å². The molecule has 0 aromatic carbocycles. The molecule has 1 aliphatic heterocycles. The third kappa shape index (κ3) is 3.47. The molecule has 1 unspecified atom stereocenters. The number of ether oxygens (including phenoxy) is 1. The molecule has 20 heavy (non-hydrogen) atoms. The molecule has 0 saturated carbocycles. The molecule has 1 fully saturated rings. The fourth-order valence-electron chi connectivity index (χ4n) is 2.16. The Kier molecular flexibility index (Phi) is 4.94. The molecule has 1 atom stereocenters. The summed E-state index contributed by atoms with van der Waals surface area (Å²) in [6.07, 6.45) is 0.206. The van der Waals surface area contributed by atoms with Crippen LogP contribution < -0.4 is 0 Å². The Morgan fingerprint density at radius 1 is 1.55 bits per heavy atom. The Hall–Kier alpha value is -1.63. The number of rotatable bonds is 5. The van der Waals surface area contributed by atoms with E-state index in [1.54, 1.807) is 4.90 Å². The second-order valence-electron chi connectivity index (χ2n) is 4.61. The van der Waals surface area contributed by atoms with Crippen molar-refractivity contribution in [2.24, 2.45) is 0 Å². The summed E-state index contributed by atoms with van der Waals surface area (Å²) in [5.74, 6) is -0.368. The predicted octanol–water partition coefficient (Wildman–Crippen LogP) is 2.06. The van der Waals surface area contributed by atoms with E-state index in [9.17, 15) is 13.6 Å². The lowest BCUT2D eigenvalue weighted by atomic mass is 10.2. The summed E-state index contributed by atoms with van der Waals surface area (Å²) in [6, 6.07) is 1.05. The number of aromatic nitrogens is 2. The number of hydrogen-bond acceptors (Lipinski definition) is 4. The van der Waals surface area contributed by atoms with Crippen molar-refractivity contribution in [2.75, 3.05) is 19.7 Å². The highest BCUT2D eigenvalue weighted by Gasteiger charge is 2.24. The third-order valence-corrected chi connectivity index (χ3v) is 3.25. The fourth-order valence-corrected chi connectivity index (χ4v) is 2.16. The largest absolute Gasteiger partial charge is 0.376 e. The van der Waals surface area contributed by atoms with Gasteiger partial charge >= 0.3 is 0 Å². The summed E-state index contributed by atoms with van der Waals surface area (Å²) >= 11 is 0. The smallest absolute Gasteiger partial charge is 0.280 e. The van der Waals surface area contributed by atoms with Gasteiger partial charge in [0, 0.05) is 19.7 Å². The highest BCUT2D eigenvalue weighted by atomic mass is 19.3. The standard InChI is InChI=1S/C13H17F2N3O2/c1-2-18(7-9-4-3-5-20-9)13(19)11-6-10(12(14)15)16-8-17-11/h6,8-9,12H,2-5,7H2,1H3. The molecule has 1 saturated heterocycles. The molecule has 0 radical (unpaired) electrons. The van der Waals surface area contributed by atoms with E-state index in [1.165, 1.54) is 0 Å². The van der Waals surface area contributed by atoms with Crippen LogP contribution in [-0.2, 0) is 4.74 Å². The lowest BCUT2D eigenvalue weighted by Gasteiger charge is -2.23. The molecular formula is C13H17F2N3O2. The van der Waals surface area contributed by atoms with E-state index in [2.05, 4.69) is 9.97 Å². The monoisotopic (exact) mass is 285 g/mol. The molecule has 0 N–H and O–H groups in total. The van der Waals surface area contributed by atoms with Crippen LogP contribution in [0.2, 0.25) is 0 Å². The molecule has 1 aromatic rings. The Morgan fingerprint density at radius 2 is 2.35 bits per heavy atom. The maximum absolute atomic E-state index is 12.6. The van der Waals surface area contributed by atoms with Gasteiger partial charge in [-0.2, -0.15) is 0 Å². The van der Waals surface area contributed by atoms with Crippen molar-refractivity contribution in [1.82, 2.24) is 14.9 Å². The van der Waals surface area contributed by atoms with Gasteiger partial charge in [-0.25, -0.2) is 18.7 Å². The molecule has 7 heteroatoms. The van der Waals surface area contributed by atoms with Crippen LogP contribution in [0, 0.1) is 0 Å². The first-order chi connectivity index (χ1) is 9.61. The number of amides is 1. The number of hydrogen-bond donors (Lipinski definition) is 0. The maximum Gasteiger partial charge on any atom is 0.280 e. The maximum atomic E-state index is 12.6. The second-order valence-corrected chi connectivity index (χ2v) is 4.61. The van der Waals surface area contributed by atoms with E-state index < -0.39 is 12.1 Å². The highest BCUT2D eigenvalue weighted by molar-refractivity contribution is 5.92. The Bertz CT molecular complexity index is 465. The second kappa shape index (κ2) is 6.69. The lowest BCUT2D eigenvalue weighted by molar-refractivity contribution is 0.0534. The van der Waals surface area contributed by atoms with Gasteiger partial charge in [-0.1, -0.05) is 0 Å². The zero-order valence-corrected chi connectivity index (χ0v) is 11.3. The minimum atomic E-state index is -2.71. The van der Waals surface area contributed by atoms with Crippen molar-refractivity contribution in [3.8, 4) is 0 Å². The summed E-state index contributed by atoms with van der Waals surface area (Å²) in [4.78, 5) is 21.1. The van der Waals surface area contributed by atoms with E-state index >= 15 is 0 Å². The number of carbonyl (C=O) groups is 1. The average Bonchev–Trinajstić information content (AvgIpc) is 2.97. The third-order valence-electron chi connectivity index (χ3n) is 3.25. The SMILES string of the molecule is CCN(CC1CCCO1)C(=O)c1cc(C(F)F)ncn1. The minimum Gasteiger partial charge on any atom is -0.376 e. The van der Waals surface area contributed by atoms with Crippen molar-refractivity contribution >= 4 is 5.91 Å². The zero-order chi connectivity index (χ0) is 14.5. The van der Waals surface area contributed by atoms with Gasteiger partial charge < -0.3 is 9.64 Å². The molecule has 0 spiro atoms. The number of nitrogens with zero attached hydrogens (tertiary/aromatic N) is 3. The van der Waals surface area contributed by atoms with Crippen LogP contribution in [0.3, 0.4) is 0 Å². The van der Waals surface area contributed by atoms with E-state index in [1.807, 2.05) is 6.92 Å². The van der Waals surface area contributed by atoms with Crippen LogP contribution in [0.25, 0.3) is 0 Å². The Balaban J connectivity index is 2.08. The molecule has 110 valence electrons.